The summed E-state index contributed by atoms with van der Waals surface area (Å²) >= 11 is 0. The number of benzene rings is 1. The van der Waals surface area contributed by atoms with Gasteiger partial charge in [-0.1, -0.05) is 51.1 Å². The molecule has 0 amide bonds. The van der Waals surface area contributed by atoms with Crippen LogP contribution in [0.3, 0.4) is 0 Å². The minimum atomic E-state index is 0. The van der Waals surface area contributed by atoms with Crippen molar-refractivity contribution >= 4 is 29.9 Å². The van der Waals surface area contributed by atoms with Crippen LogP contribution in [0.15, 0.2) is 47.7 Å². The molecule has 3 rings (SSSR count). The standard InChI is InChI=1S/C23H35N5O.HI/c1-23(2,3)21-19(11-8-14-29-21)15-26-22(24-4)27-16-20-25-12-13-28(20)17-18-9-6-5-7-10-18;/h5-7,9-10,12-13,19,21H,8,11,14-17H2,1-4H3,(H2,24,26,27);1H. The maximum Gasteiger partial charge on any atom is 0.191 e. The molecule has 2 aromatic rings. The van der Waals surface area contributed by atoms with Gasteiger partial charge in [0, 0.05) is 45.1 Å². The number of imidazole rings is 1. The Morgan fingerprint density at radius 2 is 2.00 bits per heavy atom. The maximum absolute atomic E-state index is 6.10. The molecule has 2 atom stereocenters. The maximum atomic E-state index is 6.10. The van der Waals surface area contributed by atoms with Gasteiger partial charge in [-0.3, -0.25) is 4.99 Å². The van der Waals surface area contributed by atoms with Crippen LogP contribution >= 0.6 is 24.0 Å². The van der Waals surface area contributed by atoms with Crippen molar-refractivity contribution in [1.29, 1.82) is 0 Å². The van der Waals surface area contributed by atoms with E-state index in [4.69, 9.17) is 4.74 Å². The average molecular weight is 525 g/mol. The second-order valence-electron chi connectivity index (χ2n) is 8.82. The van der Waals surface area contributed by atoms with E-state index < -0.39 is 0 Å². The van der Waals surface area contributed by atoms with Gasteiger partial charge in [0.1, 0.15) is 5.82 Å². The summed E-state index contributed by atoms with van der Waals surface area (Å²) in [6.07, 6.45) is 6.46. The SMILES string of the molecule is CN=C(NCc1nccn1Cc1ccccc1)NCC1CCCOC1C(C)(C)C.I. The molecule has 1 aromatic carbocycles. The van der Waals surface area contributed by atoms with E-state index in [1.165, 1.54) is 12.0 Å². The van der Waals surface area contributed by atoms with E-state index >= 15 is 0 Å². The van der Waals surface area contributed by atoms with E-state index in [0.717, 1.165) is 37.9 Å². The molecule has 2 heterocycles. The van der Waals surface area contributed by atoms with Crippen molar-refractivity contribution in [3.8, 4) is 0 Å². The molecule has 1 aromatic heterocycles. The number of hydrogen-bond donors (Lipinski definition) is 2. The Balaban J connectivity index is 0.00000320. The van der Waals surface area contributed by atoms with Crippen molar-refractivity contribution < 1.29 is 4.74 Å². The van der Waals surface area contributed by atoms with Crippen molar-refractivity contribution in [1.82, 2.24) is 20.2 Å². The molecule has 7 heteroatoms. The zero-order chi connectivity index (χ0) is 20.7. The van der Waals surface area contributed by atoms with Gasteiger partial charge < -0.3 is 19.9 Å². The molecule has 1 aliphatic heterocycles. The van der Waals surface area contributed by atoms with Gasteiger partial charge >= 0.3 is 0 Å². The van der Waals surface area contributed by atoms with Crippen molar-refractivity contribution in [2.24, 2.45) is 16.3 Å². The molecule has 0 radical (unpaired) electrons. The summed E-state index contributed by atoms with van der Waals surface area (Å²) in [5.74, 6) is 2.28. The first-order valence-electron chi connectivity index (χ1n) is 10.6. The number of guanidine groups is 1. The van der Waals surface area contributed by atoms with Gasteiger partial charge in [0.25, 0.3) is 0 Å². The zero-order valence-corrected chi connectivity index (χ0v) is 20.9. The number of aromatic nitrogens is 2. The lowest BCUT2D eigenvalue weighted by Crippen LogP contribution is -2.47. The molecule has 0 aliphatic carbocycles. The first-order chi connectivity index (χ1) is 14.0. The summed E-state index contributed by atoms with van der Waals surface area (Å²) in [6, 6.07) is 10.4. The fourth-order valence-electron chi connectivity index (χ4n) is 4.05. The normalized spacial score (nSPS) is 19.8. The summed E-state index contributed by atoms with van der Waals surface area (Å²) < 4.78 is 8.27. The highest BCUT2D eigenvalue weighted by Gasteiger charge is 2.35. The fourth-order valence-corrected chi connectivity index (χ4v) is 4.05. The summed E-state index contributed by atoms with van der Waals surface area (Å²) in [4.78, 5) is 8.90. The molecule has 0 spiro atoms. The van der Waals surface area contributed by atoms with Gasteiger partial charge in [-0.25, -0.2) is 4.98 Å². The highest BCUT2D eigenvalue weighted by Crippen LogP contribution is 2.33. The largest absolute Gasteiger partial charge is 0.377 e. The summed E-state index contributed by atoms with van der Waals surface area (Å²) in [7, 11) is 1.81. The van der Waals surface area contributed by atoms with Crippen LogP contribution in [-0.4, -0.2) is 41.8 Å². The third-order valence-electron chi connectivity index (χ3n) is 5.47. The van der Waals surface area contributed by atoms with Crippen LogP contribution in [0.25, 0.3) is 0 Å². The Hall–Kier alpha value is -1.61. The highest BCUT2D eigenvalue weighted by molar-refractivity contribution is 14.0. The van der Waals surface area contributed by atoms with Crippen molar-refractivity contribution in [3.05, 3.63) is 54.1 Å². The number of halogens is 1. The van der Waals surface area contributed by atoms with E-state index in [9.17, 15) is 0 Å². The Morgan fingerprint density at radius 1 is 1.23 bits per heavy atom. The molecule has 1 fully saturated rings. The average Bonchev–Trinajstić information content (AvgIpc) is 3.15. The molecule has 6 nitrogen and oxygen atoms in total. The van der Waals surface area contributed by atoms with Crippen LogP contribution in [-0.2, 0) is 17.8 Å². The monoisotopic (exact) mass is 525 g/mol. The lowest BCUT2D eigenvalue weighted by molar-refractivity contribution is -0.0835. The van der Waals surface area contributed by atoms with Gasteiger partial charge in [0.05, 0.1) is 12.6 Å². The molecule has 1 aliphatic rings. The Morgan fingerprint density at radius 3 is 2.70 bits per heavy atom. The van der Waals surface area contributed by atoms with Crippen LogP contribution in [0.2, 0.25) is 0 Å². The van der Waals surface area contributed by atoms with E-state index in [1.807, 2.05) is 25.5 Å². The zero-order valence-electron chi connectivity index (χ0n) is 18.6. The van der Waals surface area contributed by atoms with Crippen LogP contribution in [0.4, 0.5) is 0 Å². The van der Waals surface area contributed by atoms with E-state index in [2.05, 4.69) is 70.2 Å². The van der Waals surface area contributed by atoms with E-state index in [0.29, 0.717) is 12.5 Å². The summed E-state index contributed by atoms with van der Waals surface area (Å²) in [6.45, 7) is 9.95. The second kappa shape index (κ2) is 11.7. The van der Waals surface area contributed by atoms with Gasteiger partial charge in [-0.15, -0.1) is 24.0 Å². The lowest BCUT2D eigenvalue weighted by Gasteiger charge is -2.40. The molecule has 2 unspecified atom stereocenters. The van der Waals surface area contributed by atoms with Gasteiger partial charge in [0.15, 0.2) is 5.96 Å². The van der Waals surface area contributed by atoms with Crippen molar-refractivity contribution in [2.75, 3.05) is 20.2 Å². The smallest absolute Gasteiger partial charge is 0.191 e. The number of aliphatic imine (C=N–C) groups is 1. The van der Waals surface area contributed by atoms with E-state index in [-0.39, 0.29) is 35.5 Å². The molecule has 30 heavy (non-hydrogen) atoms. The van der Waals surface area contributed by atoms with Gasteiger partial charge in [-0.2, -0.15) is 0 Å². The fraction of sp³-hybridized carbons (Fsp3) is 0.565. The topological polar surface area (TPSA) is 63.5 Å². The number of rotatable bonds is 6. The van der Waals surface area contributed by atoms with Gasteiger partial charge in [0.2, 0.25) is 0 Å². The van der Waals surface area contributed by atoms with Crippen molar-refractivity contribution in [3.63, 3.8) is 0 Å². The van der Waals surface area contributed by atoms with Crippen LogP contribution in [0.5, 0.6) is 0 Å². The quantitative estimate of drug-likeness (QED) is 0.340. The molecule has 0 bridgehead atoms. The third kappa shape index (κ3) is 6.97. The summed E-state index contributed by atoms with van der Waals surface area (Å²) in [5, 5.41) is 6.90. The first-order valence-corrected chi connectivity index (χ1v) is 10.6. The minimum Gasteiger partial charge on any atom is -0.377 e. The summed E-state index contributed by atoms with van der Waals surface area (Å²) in [5.41, 5.74) is 1.41. The van der Waals surface area contributed by atoms with Crippen molar-refractivity contribution in [2.45, 2.75) is 52.8 Å². The first kappa shape index (κ1) is 24.7. The number of hydrogen-bond acceptors (Lipinski definition) is 3. The number of nitrogens with one attached hydrogen (secondary N) is 2. The molecular formula is C23H36IN5O. The lowest BCUT2D eigenvalue weighted by atomic mass is 9.78. The number of nitrogens with zero attached hydrogens (tertiary/aromatic N) is 3. The molecule has 1 saturated heterocycles. The molecular weight excluding hydrogens is 489 g/mol. The van der Waals surface area contributed by atoms with Crippen LogP contribution in [0, 0.1) is 11.3 Å². The Bertz CT molecular complexity index is 784. The van der Waals surface area contributed by atoms with Crippen LogP contribution in [0.1, 0.15) is 45.0 Å². The molecule has 166 valence electrons. The Kier molecular flexibility index (Phi) is 9.61. The minimum absolute atomic E-state index is 0. The van der Waals surface area contributed by atoms with Gasteiger partial charge in [-0.05, 0) is 23.8 Å². The van der Waals surface area contributed by atoms with Crippen LogP contribution < -0.4 is 10.6 Å². The third-order valence-corrected chi connectivity index (χ3v) is 5.47. The number of ether oxygens (including phenoxy) is 1. The predicted molar refractivity (Wildman–Crippen MR) is 133 cm³/mol. The molecule has 2 N–H and O–H groups in total. The second-order valence-corrected chi connectivity index (χ2v) is 8.82. The van der Waals surface area contributed by atoms with E-state index in [1.54, 1.807) is 0 Å². The highest BCUT2D eigenvalue weighted by atomic mass is 127. The Labute approximate surface area is 197 Å². The predicted octanol–water partition coefficient (Wildman–Crippen LogP) is 4.06. The molecule has 0 saturated carbocycles.